The summed E-state index contributed by atoms with van der Waals surface area (Å²) in [5.74, 6) is -2.72. The van der Waals surface area contributed by atoms with E-state index in [1.54, 1.807) is 14.0 Å². The molecule has 3 N–H and O–H groups in total. The standard InChI is InChI=1S/C21H27N3O5/c1-4-12-6-7-14-13(10-12)21(20(28)22-14)16-15(17(23-21)11(2)25)18(26)24(19(16)27)8-5-9-29-3/h6-7,10-11,15-17,23,25H,4-5,8-9H2,1-3H3,(H,22,28)/t11-,15+,16-,17+,21+/m0/s1. The first kappa shape index (κ1) is 20.0. The molecule has 0 unspecified atom stereocenters. The van der Waals surface area contributed by atoms with Gasteiger partial charge in [-0.15, -0.1) is 0 Å². The van der Waals surface area contributed by atoms with Gasteiger partial charge in [0.25, 0.3) is 0 Å². The molecular formula is C21H27N3O5. The number of likely N-dealkylation sites (tertiary alicyclic amines) is 1. The lowest BCUT2D eigenvalue weighted by Gasteiger charge is -2.30. The number of aliphatic hydroxyl groups excluding tert-OH is 1. The third kappa shape index (κ3) is 2.73. The monoisotopic (exact) mass is 401 g/mol. The van der Waals surface area contributed by atoms with Crippen molar-refractivity contribution in [3.63, 3.8) is 0 Å². The second-order valence-electron chi connectivity index (χ2n) is 8.08. The molecule has 8 nitrogen and oxygen atoms in total. The quantitative estimate of drug-likeness (QED) is 0.470. The van der Waals surface area contributed by atoms with Gasteiger partial charge in [0.2, 0.25) is 17.7 Å². The topological polar surface area (TPSA) is 108 Å². The second kappa shape index (κ2) is 7.19. The Morgan fingerprint density at radius 2 is 2.03 bits per heavy atom. The first-order valence-electron chi connectivity index (χ1n) is 10.1. The van der Waals surface area contributed by atoms with Crippen LogP contribution in [0.4, 0.5) is 5.69 Å². The molecule has 29 heavy (non-hydrogen) atoms. The van der Waals surface area contributed by atoms with Crippen LogP contribution in [0.25, 0.3) is 0 Å². The minimum Gasteiger partial charge on any atom is -0.392 e. The van der Waals surface area contributed by atoms with Gasteiger partial charge in [-0.2, -0.15) is 0 Å². The Kier molecular flexibility index (Phi) is 4.96. The van der Waals surface area contributed by atoms with Crippen molar-refractivity contribution in [2.75, 3.05) is 25.6 Å². The van der Waals surface area contributed by atoms with Gasteiger partial charge < -0.3 is 15.2 Å². The van der Waals surface area contributed by atoms with Gasteiger partial charge in [-0.1, -0.05) is 19.1 Å². The zero-order chi connectivity index (χ0) is 20.9. The van der Waals surface area contributed by atoms with Gasteiger partial charge in [-0.05, 0) is 31.4 Å². The van der Waals surface area contributed by atoms with Crippen molar-refractivity contribution in [1.29, 1.82) is 0 Å². The molecule has 0 radical (unpaired) electrons. The van der Waals surface area contributed by atoms with Gasteiger partial charge in [0.15, 0.2) is 0 Å². The molecule has 8 heteroatoms. The van der Waals surface area contributed by atoms with Crippen molar-refractivity contribution >= 4 is 23.4 Å². The van der Waals surface area contributed by atoms with E-state index in [1.807, 2.05) is 25.1 Å². The maximum atomic E-state index is 13.4. The van der Waals surface area contributed by atoms with E-state index >= 15 is 0 Å². The Bertz CT molecular complexity index is 870. The molecule has 0 aromatic heterocycles. The molecule has 3 aliphatic rings. The number of amides is 3. The van der Waals surface area contributed by atoms with E-state index in [9.17, 15) is 19.5 Å². The molecule has 1 aromatic rings. The minimum absolute atomic E-state index is 0.241. The zero-order valence-corrected chi connectivity index (χ0v) is 16.9. The van der Waals surface area contributed by atoms with Crippen molar-refractivity contribution in [2.24, 2.45) is 11.8 Å². The van der Waals surface area contributed by atoms with E-state index in [2.05, 4.69) is 10.6 Å². The number of hydrogen-bond acceptors (Lipinski definition) is 6. The van der Waals surface area contributed by atoms with Crippen LogP contribution in [0.5, 0.6) is 0 Å². The van der Waals surface area contributed by atoms with E-state index in [0.29, 0.717) is 24.3 Å². The summed E-state index contributed by atoms with van der Waals surface area (Å²) < 4.78 is 5.04. The first-order chi connectivity index (χ1) is 13.9. The summed E-state index contributed by atoms with van der Waals surface area (Å²) in [5.41, 5.74) is 1.00. The van der Waals surface area contributed by atoms with Crippen LogP contribution in [0, 0.1) is 11.8 Å². The zero-order valence-electron chi connectivity index (χ0n) is 16.9. The molecule has 1 aromatic carbocycles. The number of carbonyl (C=O) groups is 3. The van der Waals surface area contributed by atoms with Gasteiger partial charge in [-0.3, -0.25) is 24.6 Å². The number of nitrogens with one attached hydrogen (secondary N) is 2. The second-order valence-corrected chi connectivity index (χ2v) is 8.08. The molecule has 0 saturated carbocycles. The van der Waals surface area contributed by atoms with Crippen molar-refractivity contribution < 1.29 is 24.2 Å². The highest BCUT2D eigenvalue weighted by Crippen LogP contribution is 2.53. The molecule has 5 atom stereocenters. The number of benzene rings is 1. The van der Waals surface area contributed by atoms with E-state index in [4.69, 9.17) is 4.74 Å². The summed E-state index contributed by atoms with van der Waals surface area (Å²) >= 11 is 0. The number of anilines is 1. The predicted molar refractivity (Wildman–Crippen MR) is 105 cm³/mol. The summed E-state index contributed by atoms with van der Waals surface area (Å²) in [5, 5.41) is 16.5. The molecule has 156 valence electrons. The van der Waals surface area contributed by atoms with Crippen LogP contribution in [0.15, 0.2) is 18.2 Å². The van der Waals surface area contributed by atoms with Crippen LogP contribution < -0.4 is 10.6 Å². The molecule has 3 amide bonds. The summed E-state index contributed by atoms with van der Waals surface area (Å²) in [6, 6.07) is 5.01. The van der Waals surface area contributed by atoms with Crippen LogP contribution >= 0.6 is 0 Å². The molecule has 0 bridgehead atoms. The number of aliphatic hydroxyl groups is 1. The van der Waals surface area contributed by atoms with Gasteiger partial charge in [0.05, 0.1) is 17.9 Å². The Hall–Kier alpha value is -2.29. The number of imide groups is 1. The normalized spacial score (nSPS) is 31.4. The molecule has 4 rings (SSSR count). The highest BCUT2D eigenvalue weighted by molar-refractivity contribution is 6.15. The number of aryl methyl sites for hydroxylation is 1. The maximum absolute atomic E-state index is 13.4. The summed E-state index contributed by atoms with van der Waals surface area (Å²) in [7, 11) is 1.57. The fraction of sp³-hybridized carbons (Fsp3) is 0.571. The smallest absolute Gasteiger partial charge is 0.250 e. The maximum Gasteiger partial charge on any atom is 0.250 e. The fourth-order valence-corrected chi connectivity index (χ4v) is 5.06. The molecular weight excluding hydrogens is 374 g/mol. The molecule has 3 aliphatic heterocycles. The Balaban J connectivity index is 1.81. The van der Waals surface area contributed by atoms with Crippen LogP contribution in [-0.2, 0) is 31.1 Å². The van der Waals surface area contributed by atoms with Crippen molar-refractivity contribution in [2.45, 2.75) is 44.4 Å². The average molecular weight is 401 g/mol. The third-order valence-corrected chi connectivity index (χ3v) is 6.46. The Morgan fingerprint density at radius 3 is 2.69 bits per heavy atom. The SMILES string of the molecule is CCc1ccc2c(c1)[C@]1(N[C@H]([C@H](C)O)[C@@H]3C(=O)N(CCCOC)C(=O)[C@H]31)C(=O)N2. The molecule has 2 saturated heterocycles. The summed E-state index contributed by atoms with van der Waals surface area (Å²) in [6.45, 7) is 4.27. The van der Waals surface area contributed by atoms with Gasteiger partial charge in [0, 0.05) is 37.6 Å². The average Bonchev–Trinajstić information content (AvgIpc) is 3.28. The predicted octanol–water partition coefficient (Wildman–Crippen LogP) is 0.387. The Labute approximate surface area is 169 Å². The van der Waals surface area contributed by atoms with Gasteiger partial charge in [-0.25, -0.2) is 0 Å². The highest BCUT2D eigenvalue weighted by Gasteiger charge is 2.70. The fourth-order valence-electron chi connectivity index (χ4n) is 5.06. The van der Waals surface area contributed by atoms with E-state index in [-0.39, 0.29) is 24.3 Å². The van der Waals surface area contributed by atoms with Gasteiger partial charge in [0.1, 0.15) is 5.54 Å². The minimum atomic E-state index is -1.35. The lowest BCUT2D eigenvalue weighted by atomic mass is 9.76. The van der Waals surface area contributed by atoms with E-state index in [0.717, 1.165) is 12.0 Å². The number of fused-ring (bicyclic) bond motifs is 4. The van der Waals surface area contributed by atoms with Crippen molar-refractivity contribution in [3.05, 3.63) is 29.3 Å². The van der Waals surface area contributed by atoms with E-state index in [1.165, 1.54) is 4.90 Å². The van der Waals surface area contributed by atoms with Crippen LogP contribution in [0.1, 0.15) is 31.4 Å². The highest BCUT2D eigenvalue weighted by atomic mass is 16.5. The molecule has 2 fully saturated rings. The Morgan fingerprint density at radius 1 is 1.28 bits per heavy atom. The number of nitrogens with zero attached hydrogens (tertiary/aromatic N) is 1. The number of hydrogen-bond donors (Lipinski definition) is 3. The lowest BCUT2D eigenvalue weighted by Crippen LogP contribution is -2.54. The molecule has 1 spiro atoms. The van der Waals surface area contributed by atoms with E-state index < -0.39 is 29.5 Å². The number of rotatable bonds is 6. The summed E-state index contributed by atoms with van der Waals surface area (Å²) in [4.78, 5) is 41.0. The number of ether oxygens (including phenoxy) is 1. The van der Waals surface area contributed by atoms with Crippen molar-refractivity contribution in [1.82, 2.24) is 10.2 Å². The van der Waals surface area contributed by atoms with Crippen LogP contribution in [0.3, 0.4) is 0 Å². The number of carbonyl (C=O) groups excluding carboxylic acids is 3. The third-order valence-electron chi connectivity index (χ3n) is 6.46. The molecule has 0 aliphatic carbocycles. The van der Waals surface area contributed by atoms with Crippen LogP contribution in [-0.4, -0.2) is 60.1 Å². The van der Waals surface area contributed by atoms with Gasteiger partial charge >= 0.3 is 0 Å². The molecule has 3 heterocycles. The first-order valence-corrected chi connectivity index (χ1v) is 10.1. The summed E-state index contributed by atoms with van der Waals surface area (Å²) in [6.07, 6.45) is 0.404. The number of methoxy groups -OCH3 is 1. The van der Waals surface area contributed by atoms with Crippen LogP contribution in [0.2, 0.25) is 0 Å². The van der Waals surface area contributed by atoms with Crippen molar-refractivity contribution in [3.8, 4) is 0 Å². The lowest BCUT2D eigenvalue weighted by molar-refractivity contribution is -0.143. The largest absolute Gasteiger partial charge is 0.392 e.